The number of hydrogen-bond acceptors (Lipinski definition) is 5. The molecule has 3 N–H and O–H groups in total. The van der Waals surface area contributed by atoms with Gasteiger partial charge in [0, 0.05) is 17.1 Å². The molecule has 0 aliphatic rings. The van der Waals surface area contributed by atoms with Crippen LogP contribution < -0.4 is 16.0 Å². The molecule has 0 radical (unpaired) electrons. The molecular weight excluding hydrogens is 350 g/mol. The van der Waals surface area contributed by atoms with E-state index in [0.29, 0.717) is 22.5 Å². The van der Waals surface area contributed by atoms with Gasteiger partial charge >= 0.3 is 0 Å². The lowest BCUT2D eigenvalue weighted by molar-refractivity contribution is -0.111. The second-order valence-electron chi connectivity index (χ2n) is 5.28. The molecule has 0 bridgehead atoms. The lowest BCUT2D eigenvalue weighted by atomic mass is 10.2. The van der Waals surface area contributed by atoms with Crippen molar-refractivity contribution in [2.75, 3.05) is 16.0 Å². The third-order valence-corrected chi connectivity index (χ3v) is 3.63. The zero-order valence-corrected chi connectivity index (χ0v) is 14.5. The van der Waals surface area contributed by atoms with E-state index < -0.39 is 0 Å². The number of para-hydroxylation sites is 1. The van der Waals surface area contributed by atoms with Gasteiger partial charge in [0.15, 0.2) is 5.82 Å². The van der Waals surface area contributed by atoms with Crippen LogP contribution in [0.25, 0.3) is 0 Å². The van der Waals surface area contributed by atoms with Gasteiger partial charge in [-0.1, -0.05) is 42.4 Å². The molecule has 1 aromatic heterocycles. The maximum atomic E-state index is 11.4. The fraction of sp³-hybridized carbons (Fsp3) is 0. The van der Waals surface area contributed by atoms with Gasteiger partial charge in [0.25, 0.3) is 0 Å². The molecule has 0 aliphatic carbocycles. The highest BCUT2D eigenvalue weighted by molar-refractivity contribution is 6.32. The summed E-state index contributed by atoms with van der Waals surface area (Å²) in [4.78, 5) is 20.0. The second kappa shape index (κ2) is 8.13. The van der Waals surface area contributed by atoms with Crippen molar-refractivity contribution in [3.63, 3.8) is 0 Å². The lowest BCUT2D eigenvalue weighted by Crippen LogP contribution is -2.07. The van der Waals surface area contributed by atoms with Crippen molar-refractivity contribution in [3.05, 3.63) is 78.5 Å². The first-order valence-corrected chi connectivity index (χ1v) is 8.17. The minimum atomic E-state index is -0.278. The normalized spacial score (nSPS) is 10.0. The number of aromatic nitrogens is 2. The van der Waals surface area contributed by atoms with E-state index in [0.717, 1.165) is 11.4 Å². The Balaban J connectivity index is 1.78. The molecule has 0 fully saturated rings. The topological polar surface area (TPSA) is 78.9 Å². The molecule has 0 aliphatic heterocycles. The lowest BCUT2D eigenvalue weighted by Gasteiger charge is -2.11. The van der Waals surface area contributed by atoms with E-state index in [-0.39, 0.29) is 5.91 Å². The van der Waals surface area contributed by atoms with E-state index in [9.17, 15) is 4.79 Å². The van der Waals surface area contributed by atoms with E-state index in [1.807, 2.05) is 36.4 Å². The van der Waals surface area contributed by atoms with Crippen molar-refractivity contribution in [2.45, 2.75) is 0 Å². The Labute approximate surface area is 156 Å². The van der Waals surface area contributed by atoms with E-state index in [2.05, 4.69) is 32.5 Å². The number of carbonyl (C=O) groups is 1. The largest absolute Gasteiger partial charge is 0.339 e. The number of anilines is 5. The summed E-state index contributed by atoms with van der Waals surface area (Å²) in [6.45, 7) is 3.43. The fourth-order valence-corrected chi connectivity index (χ4v) is 2.31. The summed E-state index contributed by atoms with van der Waals surface area (Å²) in [6.07, 6.45) is 2.73. The Hall–Kier alpha value is -3.38. The van der Waals surface area contributed by atoms with Crippen molar-refractivity contribution in [1.82, 2.24) is 9.97 Å². The number of amides is 1. The highest BCUT2D eigenvalue weighted by Gasteiger charge is 2.07. The number of nitrogens with one attached hydrogen (secondary N) is 3. The Kier molecular flexibility index (Phi) is 5.46. The molecule has 0 saturated heterocycles. The van der Waals surface area contributed by atoms with E-state index in [1.54, 1.807) is 18.2 Å². The third-order valence-electron chi connectivity index (χ3n) is 3.35. The predicted octanol–water partition coefficient (Wildman–Crippen LogP) is 4.74. The monoisotopic (exact) mass is 365 g/mol. The highest BCUT2D eigenvalue weighted by Crippen LogP contribution is 2.25. The van der Waals surface area contributed by atoms with Crippen molar-refractivity contribution in [2.24, 2.45) is 0 Å². The van der Waals surface area contributed by atoms with Gasteiger partial charge < -0.3 is 16.0 Å². The maximum Gasteiger partial charge on any atom is 0.247 e. The summed E-state index contributed by atoms with van der Waals surface area (Å²) in [5.41, 5.74) is 2.23. The van der Waals surface area contributed by atoms with Gasteiger partial charge in [0.05, 0.1) is 6.20 Å². The van der Waals surface area contributed by atoms with Gasteiger partial charge in [0.2, 0.25) is 11.9 Å². The van der Waals surface area contributed by atoms with Gasteiger partial charge in [-0.25, -0.2) is 4.98 Å². The van der Waals surface area contributed by atoms with Crippen LogP contribution in [0, 0.1) is 0 Å². The van der Waals surface area contributed by atoms with Gasteiger partial charge in [-0.2, -0.15) is 4.98 Å². The standard InChI is InChI=1S/C19H16ClN5O/c1-2-17(26)22-14-9-6-10-15(11-14)24-19-21-12-16(20)18(25-19)23-13-7-4-3-5-8-13/h2-12H,1H2,(H,22,26)(H2,21,23,24,25). The molecule has 3 aromatic rings. The summed E-state index contributed by atoms with van der Waals surface area (Å²) in [6, 6.07) is 16.8. The molecule has 1 heterocycles. The smallest absolute Gasteiger partial charge is 0.247 e. The molecule has 6 nitrogen and oxygen atoms in total. The van der Waals surface area contributed by atoms with Crippen LogP contribution in [0.4, 0.5) is 28.8 Å². The maximum absolute atomic E-state index is 11.4. The van der Waals surface area contributed by atoms with E-state index >= 15 is 0 Å². The average Bonchev–Trinajstić information content (AvgIpc) is 2.65. The fourth-order valence-electron chi connectivity index (χ4n) is 2.17. The van der Waals surface area contributed by atoms with Crippen LogP contribution in [0.3, 0.4) is 0 Å². The molecule has 2 aromatic carbocycles. The van der Waals surface area contributed by atoms with Crippen LogP contribution in [0.2, 0.25) is 5.02 Å². The minimum absolute atomic E-state index is 0.278. The van der Waals surface area contributed by atoms with Crippen LogP contribution in [0.1, 0.15) is 0 Å². The number of hydrogen-bond donors (Lipinski definition) is 3. The van der Waals surface area contributed by atoms with Crippen LogP contribution >= 0.6 is 11.6 Å². The van der Waals surface area contributed by atoms with Crippen molar-refractivity contribution in [3.8, 4) is 0 Å². The van der Waals surface area contributed by atoms with E-state index in [4.69, 9.17) is 11.6 Å². The van der Waals surface area contributed by atoms with Crippen LogP contribution in [-0.2, 0) is 4.79 Å². The van der Waals surface area contributed by atoms with Crippen molar-refractivity contribution in [1.29, 1.82) is 0 Å². The molecule has 0 saturated carbocycles. The quantitative estimate of drug-likeness (QED) is 0.550. The molecule has 7 heteroatoms. The highest BCUT2D eigenvalue weighted by atomic mass is 35.5. The number of halogens is 1. The molecule has 3 rings (SSSR count). The summed E-state index contributed by atoms with van der Waals surface area (Å²) in [5, 5.41) is 9.35. The molecule has 130 valence electrons. The number of rotatable bonds is 6. The number of benzene rings is 2. The molecule has 26 heavy (non-hydrogen) atoms. The van der Waals surface area contributed by atoms with Crippen LogP contribution in [0.15, 0.2) is 73.4 Å². The Bertz CT molecular complexity index is 930. The zero-order chi connectivity index (χ0) is 18.4. The first-order chi connectivity index (χ1) is 12.6. The summed E-state index contributed by atoms with van der Waals surface area (Å²) < 4.78 is 0. The second-order valence-corrected chi connectivity index (χ2v) is 5.69. The van der Waals surface area contributed by atoms with Crippen LogP contribution in [0.5, 0.6) is 0 Å². The molecular formula is C19H16ClN5O. The minimum Gasteiger partial charge on any atom is -0.339 e. The summed E-state index contributed by atoms with van der Waals surface area (Å²) in [7, 11) is 0. The Morgan fingerprint density at radius 1 is 1.00 bits per heavy atom. The van der Waals surface area contributed by atoms with Crippen molar-refractivity contribution >= 4 is 46.3 Å². The van der Waals surface area contributed by atoms with Gasteiger partial charge in [-0.15, -0.1) is 0 Å². The Morgan fingerprint density at radius 2 is 1.73 bits per heavy atom. The van der Waals surface area contributed by atoms with Gasteiger partial charge in [0.1, 0.15) is 5.02 Å². The summed E-state index contributed by atoms with van der Waals surface area (Å²) in [5.74, 6) is 0.589. The van der Waals surface area contributed by atoms with E-state index in [1.165, 1.54) is 12.3 Å². The average molecular weight is 366 g/mol. The number of nitrogens with zero attached hydrogens (tertiary/aromatic N) is 2. The van der Waals surface area contributed by atoms with Gasteiger partial charge in [-0.3, -0.25) is 4.79 Å². The first-order valence-electron chi connectivity index (χ1n) is 7.79. The molecule has 1 amide bonds. The third kappa shape index (κ3) is 4.58. The number of carbonyl (C=O) groups excluding carboxylic acids is 1. The molecule has 0 atom stereocenters. The summed E-state index contributed by atoms with van der Waals surface area (Å²) >= 11 is 6.18. The predicted molar refractivity (Wildman–Crippen MR) is 105 cm³/mol. The van der Waals surface area contributed by atoms with Crippen LogP contribution in [-0.4, -0.2) is 15.9 Å². The molecule has 0 spiro atoms. The first kappa shape index (κ1) is 17.4. The zero-order valence-electron chi connectivity index (χ0n) is 13.7. The Morgan fingerprint density at radius 3 is 2.50 bits per heavy atom. The van der Waals surface area contributed by atoms with Crippen molar-refractivity contribution < 1.29 is 4.79 Å². The molecule has 0 unspecified atom stereocenters. The SMILES string of the molecule is C=CC(=O)Nc1cccc(Nc2ncc(Cl)c(Nc3ccccc3)n2)c1. The van der Waals surface area contributed by atoms with Gasteiger partial charge in [-0.05, 0) is 36.4 Å².